The van der Waals surface area contributed by atoms with Crippen molar-refractivity contribution >= 4 is 17.0 Å². The molecular weight excluding hydrogens is 390 g/mol. The van der Waals surface area contributed by atoms with Crippen molar-refractivity contribution < 1.29 is 19.3 Å². The summed E-state index contributed by atoms with van der Waals surface area (Å²) in [4.78, 5) is 5.09. The van der Waals surface area contributed by atoms with Gasteiger partial charge in [0.15, 0.2) is 11.5 Å². The third-order valence-corrected chi connectivity index (χ3v) is 5.28. The van der Waals surface area contributed by atoms with E-state index >= 15 is 0 Å². The van der Waals surface area contributed by atoms with Crippen molar-refractivity contribution in [3.8, 4) is 34.3 Å². The fourth-order valence-corrected chi connectivity index (χ4v) is 3.68. The number of methoxy groups -OCH3 is 3. The third-order valence-electron chi connectivity index (χ3n) is 4.37. The van der Waals surface area contributed by atoms with Crippen molar-refractivity contribution in [2.24, 2.45) is 10.1 Å². The number of benzene rings is 2. The number of nitrogens with zero attached hydrogens (tertiary/aromatic N) is 3. The first-order chi connectivity index (χ1) is 14.0. The molecule has 3 aromatic rings. The molecule has 0 saturated heterocycles. The first kappa shape index (κ1) is 20.5. The average molecular weight is 413 g/mol. The van der Waals surface area contributed by atoms with Crippen LogP contribution in [-0.4, -0.2) is 43.9 Å². The van der Waals surface area contributed by atoms with Gasteiger partial charge in [0.25, 0.3) is 0 Å². The SMILES string of the molecule is CN=c1scc(-c2cc(OC)c(OC)c(OC)c2)n1N=C(C)c1ccc(O)cc1. The van der Waals surface area contributed by atoms with Crippen molar-refractivity contribution in [2.75, 3.05) is 28.4 Å². The molecule has 0 unspecified atom stereocenters. The van der Waals surface area contributed by atoms with Crippen LogP contribution in [0.15, 0.2) is 51.9 Å². The number of thiazole rings is 1. The van der Waals surface area contributed by atoms with Crippen molar-refractivity contribution in [2.45, 2.75) is 6.92 Å². The van der Waals surface area contributed by atoms with Crippen LogP contribution in [0.4, 0.5) is 0 Å². The van der Waals surface area contributed by atoms with Gasteiger partial charge in [-0.25, -0.2) is 4.68 Å². The molecule has 0 aliphatic heterocycles. The van der Waals surface area contributed by atoms with E-state index in [-0.39, 0.29) is 5.75 Å². The highest BCUT2D eigenvalue weighted by Crippen LogP contribution is 2.41. The van der Waals surface area contributed by atoms with Crippen LogP contribution < -0.4 is 19.0 Å². The van der Waals surface area contributed by atoms with Gasteiger partial charge in [0.2, 0.25) is 10.6 Å². The lowest BCUT2D eigenvalue weighted by molar-refractivity contribution is 0.324. The lowest BCUT2D eigenvalue weighted by Gasteiger charge is -2.14. The van der Waals surface area contributed by atoms with Crippen molar-refractivity contribution in [3.63, 3.8) is 0 Å². The van der Waals surface area contributed by atoms with Gasteiger partial charge in [0.1, 0.15) is 5.75 Å². The van der Waals surface area contributed by atoms with E-state index in [0.717, 1.165) is 27.3 Å². The van der Waals surface area contributed by atoms with Gasteiger partial charge < -0.3 is 19.3 Å². The Morgan fingerprint density at radius 2 is 1.62 bits per heavy atom. The molecule has 0 aliphatic rings. The van der Waals surface area contributed by atoms with Gasteiger partial charge in [-0.15, -0.1) is 11.3 Å². The van der Waals surface area contributed by atoms with Gasteiger partial charge in [-0.05, 0) is 48.9 Å². The summed E-state index contributed by atoms with van der Waals surface area (Å²) in [5.41, 5.74) is 3.38. The Morgan fingerprint density at radius 3 is 2.14 bits per heavy atom. The van der Waals surface area contributed by atoms with E-state index in [2.05, 4.69) is 4.99 Å². The Hall–Kier alpha value is -3.26. The van der Waals surface area contributed by atoms with Crippen LogP contribution in [-0.2, 0) is 0 Å². The number of rotatable bonds is 6. The predicted molar refractivity (Wildman–Crippen MR) is 115 cm³/mol. The summed E-state index contributed by atoms with van der Waals surface area (Å²) < 4.78 is 18.2. The van der Waals surface area contributed by atoms with Crippen LogP contribution in [0.3, 0.4) is 0 Å². The normalized spacial score (nSPS) is 12.2. The zero-order valence-electron chi connectivity index (χ0n) is 17.0. The molecule has 1 aromatic heterocycles. The monoisotopic (exact) mass is 413 g/mol. The second kappa shape index (κ2) is 8.83. The lowest BCUT2D eigenvalue weighted by atomic mass is 10.1. The van der Waals surface area contributed by atoms with Crippen molar-refractivity contribution in [1.82, 2.24) is 4.68 Å². The molecule has 29 heavy (non-hydrogen) atoms. The van der Waals surface area contributed by atoms with Gasteiger partial charge in [0, 0.05) is 18.0 Å². The van der Waals surface area contributed by atoms with E-state index in [4.69, 9.17) is 19.3 Å². The maximum Gasteiger partial charge on any atom is 0.205 e. The number of hydrogen-bond acceptors (Lipinski definition) is 7. The van der Waals surface area contributed by atoms with Crippen LogP contribution >= 0.6 is 11.3 Å². The molecule has 0 amide bonds. The molecule has 3 rings (SSSR count). The maximum absolute atomic E-state index is 9.52. The molecule has 0 radical (unpaired) electrons. The lowest BCUT2D eigenvalue weighted by Crippen LogP contribution is -2.13. The Balaban J connectivity index is 2.17. The molecular formula is C21H23N3O4S. The van der Waals surface area contributed by atoms with Crippen LogP contribution in [0.5, 0.6) is 23.0 Å². The molecule has 0 aliphatic carbocycles. The fourth-order valence-electron chi connectivity index (χ4n) is 2.89. The summed E-state index contributed by atoms with van der Waals surface area (Å²) >= 11 is 1.48. The number of phenolic OH excluding ortho intramolecular Hbond substituents is 1. The Morgan fingerprint density at radius 1 is 1.00 bits per heavy atom. The maximum atomic E-state index is 9.52. The van der Waals surface area contributed by atoms with E-state index in [1.807, 2.05) is 36.6 Å². The Kier molecular flexibility index (Phi) is 6.23. The highest BCUT2D eigenvalue weighted by atomic mass is 32.1. The number of aromatic nitrogens is 1. The fraction of sp³-hybridized carbons (Fsp3) is 0.238. The minimum atomic E-state index is 0.215. The standard InChI is InChI=1S/C21H23N3O4S/c1-13(14-6-8-16(25)9-7-14)23-24-17(12-29-21(24)22-2)15-10-18(26-3)20(28-5)19(11-15)27-4/h6-12,25H,1-5H3. The first-order valence-electron chi connectivity index (χ1n) is 8.81. The summed E-state index contributed by atoms with van der Waals surface area (Å²) in [6.45, 7) is 1.91. The third kappa shape index (κ3) is 4.12. The second-order valence-corrected chi connectivity index (χ2v) is 6.92. The van der Waals surface area contributed by atoms with Gasteiger partial charge in [0.05, 0.1) is 32.7 Å². The minimum absolute atomic E-state index is 0.215. The van der Waals surface area contributed by atoms with Gasteiger partial charge >= 0.3 is 0 Å². The number of phenols is 1. The van der Waals surface area contributed by atoms with Crippen molar-refractivity contribution in [3.05, 3.63) is 52.1 Å². The Bertz CT molecular complexity index is 1070. The quantitative estimate of drug-likeness (QED) is 0.625. The zero-order valence-corrected chi connectivity index (χ0v) is 17.8. The number of ether oxygens (including phenoxy) is 3. The van der Waals surface area contributed by atoms with Gasteiger partial charge in [-0.3, -0.25) is 4.99 Å². The largest absolute Gasteiger partial charge is 0.508 e. The number of aromatic hydroxyl groups is 1. The van der Waals surface area contributed by atoms with Gasteiger partial charge in [-0.1, -0.05) is 0 Å². The van der Waals surface area contributed by atoms with Gasteiger partial charge in [-0.2, -0.15) is 5.10 Å². The van der Waals surface area contributed by atoms with Crippen molar-refractivity contribution in [1.29, 1.82) is 0 Å². The number of hydrogen-bond donors (Lipinski definition) is 1. The van der Waals surface area contributed by atoms with E-state index in [1.54, 1.807) is 45.2 Å². The highest BCUT2D eigenvalue weighted by molar-refractivity contribution is 7.07. The van der Waals surface area contributed by atoms with E-state index in [0.29, 0.717) is 17.2 Å². The molecule has 1 heterocycles. The van der Waals surface area contributed by atoms with Crippen LogP contribution in [0, 0.1) is 0 Å². The topological polar surface area (TPSA) is 77.6 Å². The van der Waals surface area contributed by atoms with Crippen LogP contribution in [0.2, 0.25) is 0 Å². The minimum Gasteiger partial charge on any atom is -0.508 e. The highest BCUT2D eigenvalue weighted by Gasteiger charge is 2.17. The molecule has 2 aromatic carbocycles. The summed E-state index contributed by atoms with van der Waals surface area (Å²) in [5, 5.41) is 16.3. The summed E-state index contributed by atoms with van der Waals surface area (Å²) in [6, 6.07) is 10.7. The average Bonchev–Trinajstić information content (AvgIpc) is 3.15. The summed E-state index contributed by atoms with van der Waals surface area (Å²) in [5.74, 6) is 1.87. The molecule has 1 N–H and O–H groups in total. The van der Waals surface area contributed by atoms with Crippen LogP contribution in [0.1, 0.15) is 12.5 Å². The molecule has 8 heteroatoms. The molecule has 0 fully saturated rings. The molecule has 152 valence electrons. The second-order valence-electron chi connectivity index (χ2n) is 6.09. The van der Waals surface area contributed by atoms with E-state index in [9.17, 15) is 5.11 Å². The smallest absolute Gasteiger partial charge is 0.205 e. The van der Waals surface area contributed by atoms with Crippen LogP contribution in [0.25, 0.3) is 11.3 Å². The zero-order chi connectivity index (χ0) is 21.0. The van der Waals surface area contributed by atoms with E-state index < -0.39 is 0 Å². The first-order valence-corrected chi connectivity index (χ1v) is 9.69. The predicted octanol–water partition coefficient (Wildman–Crippen LogP) is 3.75. The molecule has 0 bridgehead atoms. The summed E-state index contributed by atoms with van der Waals surface area (Å²) in [7, 11) is 6.47. The molecule has 0 spiro atoms. The summed E-state index contributed by atoms with van der Waals surface area (Å²) in [6.07, 6.45) is 0. The molecule has 0 atom stereocenters. The molecule has 7 nitrogen and oxygen atoms in total. The Labute approximate surface area is 173 Å². The molecule has 0 saturated carbocycles. The van der Waals surface area contributed by atoms with E-state index in [1.165, 1.54) is 11.3 Å².